The highest BCUT2D eigenvalue weighted by atomic mass is 35.5. The van der Waals surface area contributed by atoms with Crippen LogP contribution in [0, 0.1) is 0 Å². The number of carbonyl (C=O) groups is 3. The molecule has 130 valence electrons. The molecule has 0 aromatic heterocycles. The molecule has 0 aliphatic heterocycles. The molecule has 0 heterocycles. The molecule has 6 nitrogen and oxygen atoms in total. The Hall–Kier alpha value is -1.73. The summed E-state index contributed by atoms with van der Waals surface area (Å²) in [6.45, 7) is 1.54. The van der Waals surface area contributed by atoms with E-state index in [0.717, 1.165) is 24.6 Å². The summed E-state index contributed by atoms with van der Waals surface area (Å²) in [6, 6.07) is 6.97. The average molecular weight is 371 g/mol. The number of ether oxygens (including phenoxy) is 1. The van der Waals surface area contributed by atoms with E-state index < -0.39 is 12.1 Å². The van der Waals surface area contributed by atoms with Gasteiger partial charge in [0.15, 0.2) is 6.10 Å². The van der Waals surface area contributed by atoms with E-state index in [1.165, 1.54) is 6.92 Å². The van der Waals surface area contributed by atoms with Gasteiger partial charge in [-0.15, -0.1) is 11.8 Å². The second kappa shape index (κ2) is 8.94. The number of thioether (sulfide) groups is 1. The summed E-state index contributed by atoms with van der Waals surface area (Å²) in [5.74, 6) is -0.904. The summed E-state index contributed by atoms with van der Waals surface area (Å²) < 4.78 is 5.04. The standard InChI is InChI=1S/C16H19ClN2O4S/c1-10(16(22)19-13-6-7-13)23-15(21)9-24-8-14(20)18-12-4-2-11(17)3-5-12/h2-5,10,13H,6-9H2,1H3,(H,18,20)(H,19,22)/t10-/m0/s1. The van der Waals surface area contributed by atoms with Crippen LogP contribution in [0.2, 0.25) is 5.02 Å². The number of amides is 2. The van der Waals surface area contributed by atoms with Crippen molar-refractivity contribution >= 4 is 46.8 Å². The van der Waals surface area contributed by atoms with E-state index in [9.17, 15) is 14.4 Å². The second-order valence-corrected chi connectivity index (χ2v) is 6.88. The Morgan fingerprint density at radius 1 is 1.25 bits per heavy atom. The zero-order valence-electron chi connectivity index (χ0n) is 13.2. The molecule has 0 bridgehead atoms. The predicted molar refractivity (Wildman–Crippen MR) is 94.1 cm³/mol. The SMILES string of the molecule is C[C@H](OC(=O)CSCC(=O)Nc1ccc(Cl)cc1)C(=O)NC1CC1. The molecule has 0 unspecified atom stereocenters. The van der Waals surface area contributed by atoms with Crippen LogP contribution < -0.4 is 10.6 Å². The summed E-state index contributed by atoms with van der Waals surface area (Å²) in [5, 5.41) is 6.05. The van der Waals surface area contributed by atoms with Crippen LogP contribution in [0.1, 0.15) is 19.8 Å². The summed E-state index contributed by atoms with van der Waals surface area (Å²) in [7, 11) is 0. The van der Waals surface area contributed by atoms with Crippen molar-refractivity contribution in [1.29, 1.82) is 0 Å². The Morgan fingerprint density at radius 3 is 2.54 bits per heavy atom. The zero-order valence-corrected chi connectivity index (χ0v) is 14.8. The van der Waals surface area contributed by atoms with E-state index in [-0.39, 0.29) is 29.4 Å². The van der Waals surface area contributed by atoms with Crippen molar-refractivity contribution < 1.29 is 19.1 Å². The van der Waals surface area contributed by atoms with Crippen LogP contribution in [0.5, 0.6) is 0 Å². The number of carbonyl (C=O) groups excluding carboxylic acids is 3. The van der Waals surface area contributed by atoms with Crippen LogP contribution in [-0.4, -0.2) is 41.4 Å². The molecule has 2 rings (SSSR count). The van der Waals surface area contributed by atoms with Gasteiger partial charge in [-0.25, -0.2) is 0 Å². The number of esters is 1. The number of nitrogens with one attached hydrogen (secondary N) is 2. The number of rotatable bonds is 8. The molecular weight excluding hydrogens is 352 g/mol. The van der Waals surface area contributed by atoms with E-state index >= 15 is 0 Å². The van der Waals surface area contributed by atoms with Gasteiger partial charge in [-0.1, -0.05) is 11.6 Å². The fourth-order valence-electron chi connectivity index (χ4n) is 1.79. The van der Waals surface area contributed by atoms with Crippen molar-refractivity contribution in [2.45, 2.75) is 31.9 Å². The first-order valence-corrected chi connectivity index (χ1v) is 9.10. The van der Waals surface area contributed by atoms with Gasteiger partial charge in [0, 0.05) is 16.8 Å². The van der Waals surface area contributed by atoms with Crippen LogP contribution in [0.15, 0.2) is 24.3 Å². The van der Waals surface area contributed by atoms with E-state index in [0.29, 0.717) is 10.7 Å². The first-order chi connectivity index (χ1) is 11.4. The fourth-order valence-corrected chi connectivity index (χ4v) is 2.51. The Balaban J connectivity index is 1.61. The maximum Gasteiger partial charge on any atom is 0.316 e. The van der Waals surface area contributed by atoms with Gasteiger partial charge in [0.05, 0.1) is 11.5 Å². The third-order valence-electron chi connectivity index (χ3n) is 3.18. The maximum absolute atomic E-state index is 11.8. The van der Waals surface area contributed by atoms with Crippen molar-refractivity contribution in [2.24, 2.45) is 0 Å². The van der Waals surface area contributed by atoms with Crippen LogP contribution in [0.4, 0.5) is 5.69 Å². The third kappa shape index (κ3) is 6.80. The Bertz CT molecular complexity index is 605. The number of anilines is 1. The van der Waals surface area contributed by atoms with Crippen molar-refractivity contribution in [1.82, 2.24) is 5.32 Å². The van der Waals surface area contributed by atoms with Gasteiger partial charge in [0.1, 0.15) is 0 Å². The number of halogens is 1. The largest absolute Gasteiger partial charge is 0.452 e. The van der Waals surface area contributed by atoms with Gasteiger partial charge in [0.2, 0.25) is 5.91 Å². The maximum atomic E-state index is 11.8. The van der Waals surface area contributed by atoms with Gasteiger partial charge >= 0.3 is 5.97 Å². The van der Waals surface area contributed by atoms with Gasteiger partial charge in [-0.2, -0.15) is 0 Å². The molecule has 1 aliphatic carbocycles. The Labute approximate surface area is 149 Å². The quantitative estimate of drug-likeness (QED) is 0.685. The zero-order chi connectivity index (χ0) is 17.5. The van der Waals surface area contributed by atoms with Crippen molar-refractivity contribution in [2.75, 3.05) is 16.8 Å². The first kappa shape index (κ1) is 18.6. The lowest BCUT2D eigenvalue weighted by atomic mass is 10.3. The number of benzene rings is 1. The molecule has 8 heteroatoms. The molecule has 2 amide bonds. The molecular formula is C16H19ClN2O4S. The molecule has 0 radical (unpaired) electrons. The van der Waals surface area contributed by atoms with Gasteiger partial charge in [0.25, 0.3) is 5.91 Å². The van der Waals surface area contributed by atoms with Crippen LogP contribution >= 0.6 is 23.4 Å². The van der Waals surface area contributed by atoms with E-state index in [1.54, 1.807) is 24.3 Å². The molecule has 1 aliphatic rings. The smallest absolute Gasteiger partial charge is 0.316 e. The topological polar surface area (TPSA) is 84.5 Å². The minimum absolute atomic E-state index is 0.00901. The molecule has 0 saturated heterocycles. The monoisotopic (exact) mass is 370 g/mol. The highest BCUT2D eigenvalue weighted by Crippen LogP contribution is 2.19. The van der Waals surface area contributed by atoms with E-state index in [1.807, 2.05) is 0 Å². The molecule has 1 saturated carbocycles. The number of hydrogen-bond acceptors (Lipinski definition) is 5. The first-order valence-electron chi connectivity index (χ1n) is 7.57. The summed E-state index contributed by atoms with van der Waals surface area (Å²) in [5.41, 5.74) is 0.637. The molecule has 0 spiro atoms. The average Bonchev–Trinajstić information content (AvgIpc) is 3.33. The van der Waals surface area contributed by atoms with Crippen molar-refractivity contribution in [3.05, 3.63) is 29.3 Å². The molecule has 1 aromatic carbocycles. The number of hydrogen-bond donors (Lipinski definition) is 2. The highest BCUT2D eigenvalue weighted by molar-refractivity contribution is 8.00. The second-order valence-electron chi connectivity index (χ2n) is 5.46. The minimum Gasteiger partial charge on any atom is -0.452 e. The van der Waals surface area contributed by atoms with Gasteiger partial charge in [-0.05, 0) is 44.0 Å². The van der Waals surface area contributed by atoms with Crippen molar-refractivity contribution in [3.63, 3.8) is 0 Å². The normalized spacial score (nSPS) is 14.6. The van der Waals surface area contributed by atoms with Crippen LogP contribution in [-0.2, 0) is 19.1 Å². The van der Waals surface area contributed by atoms with Crippen LogP contribution in [0.25, 0.3) is 0 Å². The van der Waals surface area contributed by atoms with E-state index in [4.69, 9.17) is 16.3 Å². The predicted octanol–water partition coefficient (Wildman–Crippen LogP) is 2.22. The Kier molecular flexibility index (Phi) is 6.93. The molecule has 24 heavy (non-hydrogen) atoms. The lowest BCUT2D eigenvalue weighted by molar-refractivity contribution is -0.152. The van der Waals surface area contributed by atoms with E-state index in [2.05, 4.69) is 10.6 Å². The molecule has 2 N–H and O–H groups in total. The highest BCUT2D eigenvalue weighted by Gasteiger charge is 2.27. The molecule has 1 atom stereocenters. The minimum atomic E-state index is -0.818. The van der Waals surface area contributed by atoms with Gasteiger partial charge < -0.3 is 15.4 Å². The Morgan fingerprint density at radius 2 is 1.92 bits per heavy atom. The summed E-state index contributed by atoms with van der Waals surface area (Å²) >= 11 is 6.89. The van der Waals surface area contributed by atoms with Crippen molar-refractivity contribution in [3.8, 4) is 0 Å². The third-order valence-corrected chi connectivity index (χ3v) is 4.34. The molecule has 1 aromatic rings. The van der Waals surface area contributed by atoms with Crippen LogP contribution in [0.3, 0.4) is 0 Å². The van der Waals surface area contributed by atoms with Gasteiger partial charge in [-0.3, -0.25) is 14.4 Å². The summed E-state index contributed by atoms with van der Waals surface area (Å²) in [4.78, 5) is 35.1. The molecule has 1 fully saturated rings. The summed E-state index contributed by atoms with van der Waals surface area (Å²) in [6.07, 6.45) is 1.14. The fraction of sp³-hybridized carbons (Fsp3) is 0.438. The lowest BCUT2D eigenvalue weighted by Crippen LogP contribution is -2.37. The lowest BCUT2D eigenvalue weighted by Gasteiger charge is -2.13.